The number of methoxy groups -OCH3 is 1. The van der Waals surface area contributed by atoms with Gasteiger partial charge < -0.3 is 15.0 Å². The van der Waals surface area contributed by atoms with E-state index in [1.807, 2.05) is 41.3 Å². The van der Waals surface area contributed by atoms with Gasteiger partial charge in [0, 0.05) is 30.6 Å². The Morgan fingerprint density at radius 3 is 2.63 bits per heavy atom. The Hall–Kier alpha value is -2.56. The minimum atomic E-state index is -0.133. The molecule has 1 fully saturated rings. The van der Waals surface area contributed by atoms with Crippen LogP contribution in [0.4, 0.5) is 0 Å². The monoisotopic (exact) mass is 368 g/mol. The van der Waals surface area contributed by atoms with Crippen LogP contribution in [-0.2, 0) is 4.79 Å². The Labute approximate surface area is 160 Å². The van der Waals surface area contributed by atoms with Gasteiger partial charge in [0.2, 0.25) is 5.91 Å². The van der Waals surface area contributed by atoms with E-state index in [2.05, 4.69) is 19.2 Å². The van der Waals surface area contributed by atoms with E-state index in [0.29, 0.717) is 31.1 Å². The second-order valence-electron chi connectivity index (χ2n) is 7.59. The van der Waals surface area contributed by atoms with Gasteiger partial charge >= 0.3 is 0 Å². The Bertz CT molecular complexity index is 831. The molecule has 1 aliphatic heterocycles. The number of fused-ring (bicyclic) bond motifs is 1. The Morgan fingerprint density at radius 2 is 1.93 bits per heavy atom. The molecule has 1 heterocycles. The van der Waals surface area contributed by atoms with Gasteiger partial charge in [-0.3, -0.25) is 9.59 Å². The summed E-state index contributed by atoms with van der Waals surface area (Å²) in [6.07, 6.45) is 1.68. The van der Waals surface area contributed by atoms with Gasteiger partial charge in [-0.25, -0.2) is 0 Å². The van der Waals surface area contributed by atoms with Crippen LogP contribution in [0, 0.1) is 11.8 Å². The lowest BCUT2D eigenvalue weighted by Crippen LogP contribution is -2.46. The zero-order valence-corrected chi connectivity index (χ0v) is 16.3. The molecule has 2 aromatic carbocycles. The quantitative estimate of drug-likeness (QED) is 0.879. The van der Waals surface area contributed by atoms with Crippen molar-refractivity contribution in [3.05, 3.63) is 42.0 Å². The van der Waals surface area contributed by atoms with Crippen molar-refractivity contribution in [2.24, 2.45) is 11.8 Å². The Morgan fingerprint density at radius 1 is 1.19 bits per heavy atom. The number of likely N-dealkylation sites (tertiary alicyclic amines) is 1. The zero-order valence-electron chi connectivity index (χ0n) is 16.3. The first-order valence-corrected chi connectivity index (χ1v) is 9.64. The van der Waals surface area contributed by atoms with Crippen molar-refractivity contribution in [1.82, 2.24) is 10.2 Å². The van der Waals surface area contributed by atoms with Gasteiger partial charge in [0.15, 0.2) is 0 Å². The Kier molecular flexibility index (Phi) is 5.99. The summed E-state index contributed by atoms with van der Waals surface area (Å²) in [5, 5.41) is 4.81. The topological polar surface area (TPSA) is 58.6 Å². The van der Waals surface area contributed by atoms with Crippen molar-refractivity contribution in [3.8, 4) is 5.75 Å². The summed E-state index contributed by atoms with van der Waals surface area (Å²) in [4.78, 5) is 27.5. The molecule has 144 valence electrons. The van der Waals surface area contributed by atoms with Crippen LogP contribution in [0.15, 0.2) is 36.4 Å². The zero-order chi connectivity index (χ0) is 19.4. The average Bonchev–Trinajstić information content (AvgIpc) is 2.70. The van der Waals surface area contributed by atoms with Crippen LogP contribution in [0.1, 0.15) is 37.0 Å². The number of benzene rings is 2. The van der Waals surface area contributed by atoms with Crippen LogP contribution in [0.5, 0.6) is 5.75 Å². The molecule has 1 atom stereocenters. The average molecular weight is 368 g/mol. The summed E-state index contributed by atoms with van der Waals surface area (Å²) < 4.78 is 5.42. The fourth-order valence-electron chi connectivity index (χ4n) is 3.63. The van der Waals surface area contributed by atoms with E-state index in [1.54, 1.807) is 7.11 Å². The van der Waals surface area contributed by atoms with E-state index < -0.39 is 0 Å². The van der Waals surface area contributed by atoms with Gasteiger partial charge in [0.05, 0.1) is 13.0 Å². The number of hydrogen-bond acceptors (Lipinski definition) is 3. The van der Waals surface area contributed by atoms with E-state index in [-0.39, 0.29) is 17.7 Å². The highest BCUT2D eigenvalue weighted by atomic mass is 16.5. The second kappa shape index (κ2) is 8.42. The van der Waals surface area contributed by atoms with Gasteiger partial charge in [0.1, 0.15) is 5.75 Å². The summed E-state index contributed by atoms with van der Waals surface area (Å²) in [6, 6.07) is 11.4. The van der Waals surface area contributed by atoms with Crippen LogP contribution < -0.4 is 10.1 Å². The Balaban J connectivity index is 1.80. The van der Waals surface area contributed by atoms with Gasteiger partial charge in [-0.15, -0.1) is 0 Å². The molecule has 2 amide bonds. The maximum absolute atomic E-state index is 13.2. The van der Waals surface area contributed by atoms with Gasteiger partial charge in [-0.2, -0.15) is 0 Å². The third-order valence-electron chi connectivity index (χ3n) is 5.10. The maximum Gasteiger partial charge on any atom is 0.254 e. The standard InChI is InChI=1S/C22H28N2O3/c1-15(2)13-23-21(25)16-7-6-12-24(14-16)22(26)19-10-11-20(27-3)18-9-5-4-8-17(18)19/h4-5,8-11,15-16H,6-7,12-14H2,1-3H3,(H,23,25)/t16-/m1/s1. The molecule has 0 bridgehead atoms. The third-order valence-corrected chi connectivity index (χ3v) is 5.10. The van der Waals surface area contributed by atoms with E-state index in [9.17, 15) is 9.59 Å². The number of hydrogen-bond donors (Lipinski definition) is 1. The summed E-state index contributed by atoms with van der Waals surface area (Å²) in [5.41, 5.74) is 0.662. The molecular weight excluding hydrogens is 340 g/mol. The molecule has 5 nitrogen and oxygen atoms in total. The lowest BCUT2D eigenvalue weighted by molar-refractivity contribution is -0.126. The van der Waals surface area contributed by atoms with E-state index >= 15 is 0 Å². The summed E-state index contributed by atoms with van der Waals surface area (Å²) in [7, 11) is 1.63. The van der Waals surface area contributed by atoms with Gasteiger partial charge in [-0.05, 0) is 36.3 Å². The number of carbonyl (C=O) groups is 2. The minimum Gasteiger partial charge on any atom is -0.496 e. The van der Waals surface area contributed by atoms with Crippen LogP contribution in [0.2, 0.25) is 0 Å². The third kappa shape index (κ3) is 4.24. The fourth-order valence-corrected chi connectivity index (χ4v) is 3.63. The van der Waals surface area contributed by atoms with Crippen molar-refractivity contribution in [3.63, 3.8) is 0 Å². The first-order chi connectivity index (χ1) is 13.0. The number of rotatable bonds is 5. The molecule has 1 aliphatic rings. The number of ether oxygens (including phenoxy) is 1. The number of amides is 2. The van der Waals surface area contributed by atoms with Gasteiger partial charge in [0.25, 0.3) is 5.91 Å². The molecule has 2 aromatic rings. The van der Waals surface area contributed by atoms with E-state index in [4.69, 9.17) is 4.74 Å². The summed E-state index contributed by atoms with van der Waals surface area (Å²) in [6.45, 7) is 5.99. The molecule has 0 aromatic heterocycles. The largest absolute Gasteiger partial charge is 0.496 e. The maximum atomic E-state index is 13.2. The first-order valence-electron chi connectivity index (χ1n) is 9.64. The molecule has 0 unspecified atom stereocenters. The number of piperidine rings is 1. The molecule has 0 spiro atoms. The second-order valence-corrected chi connectivity index (χ2v) is 7.59. The SMILES string of the molecule is COc1ccc(C(=O)N2CCC[C@@H](C(=O)NCC(C)C)C2)c2ccccc12. The fraction of sp³-hybridized carbons (Fsp3) is 0.455. The van der Waals surface area contributed by atoms with Crippen molar-refractivity contribution < 1.29 is 14.3 Å². The van der Waals surface area contributed by atoms with Crippen LogP contribution >= 0.6 is 0 Å². The molecule has 0 saturated carbocycles. The van der Waals surface area contributed by atoms with Crippen molar-refractivity contribution in [2.45, 2.75) is 26.7 Å². The lowest BCUT2D eigenvalue weighted by atomic mass is 9.95. The molecule has 1 N–H and O–H groups in total. The summed E-state index contributed by atoms with van der Waals surface area (Å²) >= 11 is 0. The predicted molar refractivity (Wildman–Crippen MR) is 107 cm³/mol. The minimum absolute atomic E-state index is 0.0183. The van der Waals surface area contributed by atoms with Gasteiger partial charge in [-0.1, -0.05) is 38.1 Å². The molecule has 1 saturated heterocycles. The predicted octanol–water partition coefficient (Wildman–Crippen LogP) is 3.47. The van der Waals surface area contributed by atoms with E-state index in [0.717, 1.165) is 29.4 Å². The molecule has 5 heteroatoms. The molecular formula is C22H28N2O3. The van der Waals surface area contributed by atoms with Crippen molar-refractivity contribution in [2.75, 3.05) is 26.7 Å². The molecule has 27 heavy (non-hydrogen) atoms. The van der Waals surface area contributed by atoms with Crippen molar-refractivity contribution >= 4 is 22.6 Å². The first kappa shape index (κ1) is 19.2. The van der Waals surface area contributed by atoms with E-state index in [1.165, 1.54) is 0 Å². The van der Waals surface area contributed by atoms with Crippen molar-refractivity contribution in [1.29, 1.82) is 0 Å². The number of nitrogens with zero attached hydrogens (tertiary/aromatic N) is 1. The highest BCUT2D eigenvalue weighted by molar-refractivity contribution is 6.08. The normalized spacial score (nSPS) is 17.2. The molecule has 3 rings (SSSR count). The smallest absolute Gasteiger partial charge is 0.254 e. The van der Waals surface area contributed by atoms with Crippen LogP contribution in [0.25, 0.3) is 10.8 Å². The molecule has 0 aliphatic carbocycles. The highest BCUT2D eigenvalue weighted by Gasteiger charge is 2.29. The lowest BCUT2D eigenvalue weighted by Gasteiger charge is -2.32. The molecule has 0 radical (unpaired) electrons. The van der Waals surface area contributed by atoms with Crippen LogP contribution in [0.3, 0.4) is 0 Å². The number of nitrogens with one attached hydrogen (secondary N) is 1. The highest BCUT2D eigenvalue weighted by Crippen LogP contribution is 2.30. The number of carbonyl (C=O) groups excluding carboxylic acids is 2. The van der Waals surface area contributed by atoms with Crippen LogP contribution in [-0.4, -0.2) is 43.5 Å². The summed E-state index contributed by atoms with van der Waals surface area (Å²) in [5.74, 6) is 1.08.